The lowest BCUT2D eigenvalue weighted by atomic mass is 10.3. The molecule has 0 spiro atoms. The maximum atomic E-state index is 13.0. The second-order valence-electron chi connectivity index (χ2n) is 6.43. The Morgan fingerprint density at radius 1 is 1.00 bits per heavy atom. The van der Waals surface area contributed by atoms with Crippen LogP contribution in [-0.2, 0) is 14.8 Å². The van der Waals surface area contributed by atoms with Gasteiger partial charge in [0.25, 0.3) is 0 Å². The Morgan fingerprint density at radius 3 is 2.19 bits per heavy atom. The summed E-state index contributed by atoms with van der Waals surface area (Å²) >= 11 is 0. The summed E-state index contributed by atoms with van der Waals surface area (Å²) in [5, 5.41) is 0. The van der Waals surface area contributed by atoms with Crippen LogP contribution >= 0.6 is 0 Å². The molecule has 0 radical (unpaired) electrons. The molecule has 0 aliphatic carbocycles. The zero-order valence-electron chi connectivity index (χ0n) is 15.1. The third kappa shape index (κ3) is 4.45. The molecule has 144 valence electrons. The van der Waals surface area contributed by atoms with Gasteiger partial charge in [-0.15, -0.1) is 0 Å². The fraction of sp³-hybridized carbons (Fsp3) is 0.316. The van der Waals surface area contributed by atoms with Crippen molar-refractivity contribution >= 4 is 21.6 Å². The normalized spacial score (nSPS) is 15.6. The van der Waals surface area contributed by atoms with Crippen molar-refractivity contribution in [2.45, 2.75) is 4.90 Å². The Morgan fingerprint density at radius 2 is 1.59 bits per heavy atom. The zero-order valence-corrected chi connectivity index (χ0v) is 15.9. The first-order valence-electron chi connectivity index (χ1n) is 8.67. The number of sulfonamides is 1. The number of likely N-dealkylation sites (N-methyl/N-ethyl adjacent to an activating group) is 1. The summed E-state index contributed by atoms with van der Waals surface area (Å²) in [6, 6.07) is 14.4. The highest BCUT2D eigenvalue weighted by Crippen LogP contribution is 2.18. The van der Waals surface area contributed by atoms with Crippen molar-refractivity contribution in [3.05, 3.63) is 60.4 Å². The van der Waals surface area contributed by atoms with Crippen LogP contribution in [0.3, 0.4) is 0 Å². The second kappa shape index (κ2) is 8.06. The van der Waals surface area contributed by atoms with E-state index in [1.165, 1.54) is 16.4 Å². The number of halogens is 1. The van der Waals surface area contributed by atoms with E-state index in [0.717, 1.165) is 17.8 Å². The molecule has 1 saturated heterocycles. The zero-order chi connectivity index (χ0) is 19.4. The Labute approximate surface area is 158 Å². The van der Waals surface area contributed by atoms with Crippen LogP contribution < -0.4 is 4.90 Å². The summed E-state index contributed by atoms with van der Waals surface area (Å²) < 4.78 is 39.6. The van der Waals surface area contributed by atoms with Crippen molar-refractivity contribution in [3.8, 4) is 0 Å². The van der Waals surface area contributed by atoms with E-state index < -0.39 is 15.8 Å². The molecule has 1 aliphatic rings. The van der Waals surface area contributed by atoms with E-state index in [4.69, 9.17) is 0 Å². The van der Waals surface area contributed by atoms with Crippen molar-refractivity contribution in [2.24, 2.45) is 0 Å². The van der Waals surface area contributed by atoms with Gasteiger partial charge in [-0.3, -0.25) is 4.79 Å². The molecule has 2 aromatic rings. The van der Waals surface area contributed by atoms with Gasteiger partial charge in [-0.25, -0.2) is 12.8 Å². The molecule has 0 aromatic heterocycles. The predicted octanol–water partition coefficient (Wildman–Crippen LogP) is 1.79. The number of nitrogens with zero attached hydrogens (tertiary/aromatic N) is 3. The van der Waals surface area contributed by atoms with Crippen molar-refractivity contribution in [2.75, 3.05) is 44.7 Å². The maximum Gasteiger partial charge on any atom is 0.243 e. The van der Waals surface area contributed by atoms with E-state index in [0.29, 0.717) is 13.1 Å². The molecule has 8 heteroatoms. The number of carbonyl (C=O) groups excluding carboxylic acids is 1. The molecule has 0 bridgehead atoms. The van der Waals surface area contributed by atoms with Gasteiger partial charge in [-0.05, 0) is 36.4 Å². The number of benzene rings is 2. The van der Waals surface area contributed by atoms with Gasteiger partial charge in [0.15, 0.2) is 0 Å². The second-order valence-corrected chi connectivity index (χ2v) is 8.37. The lowest BCUT2D eigenvalue weighted by Gasteiger charge is -2.35. The average Bonchev–Trinajstić information content (AvgIpc) is 2.69. The Hall–Kier alpha value is -2.45. The van der Waals surface area contributed by atoms with E-state index in [1.54, 1.807) is 4.90 Å². The molecule has 1 aliphatic heterocycles. The quantitative estimate of drug-likeness (QED) is 0.780. The number of hydrogen-bond acceptors (Lipinski definition) is 4. The molecule has 1 amide bonds. The molecule has 0 unspecified atom stereocenters. The fourth-order valence-corrected chi connectivity index (χ4v) is 4.43. The first kappa shape index (κ1) is 19.3. The summed E-state index contributed by atoms with van der Waals surface area (Å²) in [6.07, 6.45) is 0. The van der Waals surface area contributed by atoms with Gasteiger partial charge in [0.05, 0.1) is 11.4 Å². The first-order valence-corrected chi connectivity index (χ1v) is 10.1. The minimum absolute atomic E-state index is 0.0415. The van der Waals surface area contributed by atoms with E-state index in [-0.39, 0.29) is 30.4 Å². The molecule has 0 N–H and O–H groups in total. The molecule has 0 atom stereocenters. The van der Waals surface area contributed by atoms with Crippen LogP contribution in [0.2, 0.25) is 0 Å². The lowest BCUT2D eigenvalue weighted by molar-refractivity contribution is -0.130. The highest BCUT2D eigenvalue weighted by Gasteiger charge is 2.30. The molecular weight excluding hydrogens is 369 g/mol. The number of hydrogen-bond donors (Lipinski definition) is 0. The van der Waals surface area contributed by atoms with E-state index in [9.17, 15) is 17.6 Å². The van der Waals surface area contributed by atoms with Crippen molar-refractivity contribution in [3.63, 3.8) is 0 Å². The fourth-order valence-electron chi connectivity index (χ4n) is 3.01. The Balaban J connectivity index is 1.58. The molecule has 6 nitrogen and oxygen atoms in total. The van der Waals surface area contributed by atoms with Gasteiger partial charge in [0.2, 0.25) is 15.9 Å². The van der Waals surface area contributed by atoms with E-state index in [2.05, 4.69) is 0 Å². The van der Waals surface area contributed by atoms with Crippen LogP contribution in [0.4, 0.5) is 10.1 Å². The van der Waals surface area contributed by atoms with Crippen molar-refractivity contribution in [1.29, 1.82) is 0 Å². The first-order chi connectivity index (χ1) is 12.9. The molecular formula is C19H22FN3O3S. The maximum absolute atomic E-state index is 13.0. The summed E-state index contributed by atoms with van der Waals surface area (Å²) in [7, 11) is -1.83. The summed E-state index contributed by atoms with van der Waals surface area (Å²) in [5.74, 6) is -0.521. The van der Waals surface area contributed by atoms with Crippen LogP contribution in [0.15, 0.2) is 59.5 Å². The Kier molecular flexibility index (Phi) is 5.76. The van der Waals surface area contributed by atoms with Gasteiger partial charge in [0, 0.05) is 38.9 Å². The average molecular weight is 391 g/mol. The summed E-state index contributed by atoms with van der Waals surface area (Å²) in [6.45, 7) is 1.35. The number of amides is 1. The van der Waals surface area contributed by atoms with Gasteiger partial charge in [0.1, 0.15) is 5.82 Å². The molecule has 2 aromatic carbocycles. The summed E-state index contributed by atoms with van der Waals surface area (Å²) in [4.78, 5) is 16.1. The molecule has 0 saturated carbocycles. The van der Waals surface area contributed by atoms with Crippen molar-refractivity contribution < 1.29 is 17.6 Å². The minimum atomic E-state index is -3.68. The third-order valence-electron chi connectivity index (χ3n) is 4.61. The van der Waals surface area contributed by atoms with Gasteiger partial charge >= 0.3 is 0 Å². The topological polar surface area (TPSA) is 60.9 Å². The lowest BCUT2D eigenvalue weighted by Crippen LogP contribution is -2.52. The van der Waals surface area contributed by atoms with E-state index in [1.807, 2.05) is 42.3 Å². The van der Waals surface area contributed by atoms with Crippen LogP contribution in [0.25, 0.3) is 0 Å². The van der Waals surface area contributed by atoms with Crippen LogP contribution in [-0.4, -0.2) is 63.3 Å². The molecule has 1 fully saturated rings. The third-order valence-corrected chi connectivity index (χ3v) is 6.53. The van der Waals surface area contributed by atoms with Gasteiger partial charge in [-0.1, -0.05) is 18.2 Å². The van der Waals surface area contributed by atoms with Crippen LogP contribution in [0.5, 0.6) is 0 Å². The molecule has 1 heterocycles. The van der Waals surface area contributed by atoms with Crippen LogP contribution in [0, 0.1) is 5.82 Å². The summed E-state index contributed by atoms with van der Waals surface area (Å²) in [5.41, 5.74) is 0.948. The van der Waals surface area contributed by atoms with Crippen molar-refractivity contribution in [1.82, 2.24) is 9.21 Å². The van der Waals surface area contributed by atoms with Gasteiger partial charge in [-0.2, -0.15) is 4.31 Å². The highest BCUT2D eigenvalue weighted by atomic mass is 32.2. The van der Waals surface area contributed by atoms with Crippen LogP contribution in [0.1, 0.15) is 0 Å². The number of piperazine rings is 1. The smallest absolute Gasteiger partial charge is 0.243 e. The van der Waals surface area contributed by atoms with E-state index >= 15 is 0 Å². The SMILES string of the molecule is CN(CC(=O)N1CCN(S(=O)(=O)c2ccc(F)cc2)CC1)c1ccccc1. The largest absolute Gasteiger partial charge is 0.365 e. The Bertz CT molecular complexity index is 880. The van der Waals surface area contributed by atoms with Gasteiger partial charge < -0.3 is 9.80 Å². The standard InChI is InChI=1S/C19H22FN3O3S/c1-21(17-5-3-2-4-6-17)15-19(24)22-11-13-23(14-12-22)27(25,26)18-9-7-16(20)8-10-18/h2-10H,11-15H2,1H3. The number of anilines is 1. The monoisotopic (exact) mass is 391 g/mol. The predicted molar refractivity (Wildman–Crippen MR) is 101 cm³/mol. The minimum Gasteiger partial charge on any atom is -0.365 e. The number of carbonyl (C=O) groups is 1. The molecule has 27 heavy (non-hydrogen) atoms. The number of rotatable bonds is 5. The number of para-hydroxylation sites is 1. The highest BCUT2D eigenvalue weighted by molar-refractivity contribution is 7.89. The molecule has 3 rings (SSSR count).